The molecule has 4 heterocycles. The average Bonchev–Trinajstić information content (AvgIpc) is 3.79. The summed E-state index contributed by atoms with van der Waals surface area (Å²) in [6.45, 7) is 4.82. The molecule has 2 aromatic carbocycles. The summed E-state index contributed by atoms with van der Waals surface area (Å²) in [5, 5.41) is 0. The predicted octanol–water partition coefficient (Wildman–Crippen LogP) is 4.87. The molecule has 4 aromatic rings. The Morgan fingerprint density at radius 3 is 0.958 bits per heavy atom. The van der Waals surface area contributed by atoms with Crippen LogP contribution in [0.15, 0.2) is 97.6 Å². The molecule has 2 N–H and O–H groups in total. The Hall–Kier alpha value is -4.36. The summed E-state index contributed by atoms with van der Waals surface area (Å²) in [5.41, 5.74) is 7.62. The zero-order chi connectivity index (χ0) is 34.8. The molecule has 2 fully saturated rings. The first-order chi connectivity index (χ1) is 22.8. The molecule has 0 radical (unpaired) electrons. The quantitative estimate of drug-likeness (QED) is 0.260. The van der Waals surface area contributed by atoms with E-state index in [1.54, 1.807) is 0 Å². The number of anilines is 2. The third-order valence-electron chi connectivity index (χ3n) is 7.15. The van der Waals surface area contributed by atoms with Gasteiger partial charge >= 0.3 is 0 Å². The van der Waals surface area contributed by atoms with E-state index in [4.69, 9.17) is 25.9 Å². The largest absolute Gasteiger partial charge is 0.748 e. The summed E-state index contributed by atoms with van der Waals surface area (Å²) >= 11 is 0. The minimum absolute atomic E-state index is 0.604. The molecule has 2 aliphatic rings. The second-order valence-electron chi connectivity index (χ2n) is 11.3. The molecule has 48 heavy (non-hydrogen) atoms. The zero-order valence-corrected chi connectivity index (χ0v) is 29.0. The number of benzene rings is 2. The van der Waals surface area contributed by atoms with Gasteiger partial charge in [-0.2, -0.15) is 0 Å². The van der Waals surface area contributed by atoms with E-state index in [2.05, 4.69) is 117 Å². The monoisotopic (exact) mass is 692 g/mol. The van der Waals surface area contributed by atoms with Crippen molar-refractivity contribution in [2.45, 2.75) is 25.7 Å². The highest BCUT2D eigenvalue weighted by atomic mass is 32.2. The number of aromatic amines is 2. The van der Waals surface area contributed by atoms with Gasteiger partial charge < -0.3 is 18.9 Å². The van der Waals surface area contributed by atoms with Gasteiger partial charge in [-0.3, -0.25) is 0 Å². The lowest BCUT2D eigenvalue weighted by atomic mass is 10.1. The maximum absolute atomic E-state index is 9.08. The van der Waals surface area contributed by atoms with E-state index in [0.717, 1.165) is 0 Å². The highest BCUT2D eigenvalue weighted by Crippen LogP contribution is 2.22. The summed E-state index contributed by atoms with van der Waals surface area (Å²) in [5.74, 6) is 0. The van der Waals surface area contributed by atoms with Crippen molar-refractivity contribution < 1.29 is 35.9 Å². The number of hydrogen-bond acceptors (Lipinski definition) is 8. The summed E-state index contributed by atoms with van der Waals surface area (Å²) in [6, 6.07) is 25.9. The van der Waals surface area contributed by atoms with E-state index < -0.39 is 20.2 Å². The number of aromatic nitrogens is 2. The SMILES string of the molecule is C(=C\c1ccc(N2CCCC2)cc1)/c1cc[nH+]cc1.C(=C\c1ccc(N2CCCC2)cc1)/c1cc[nH+]cc1.CS(=O)(=O)[O-].CS(=O)(=O)[O-]. The van der Waals surface area contributed by atoms with Crippen LogP contribution in [0.1, 0.15) is 47.9 Å². The van der Waals surface area contributed by atoms with Crippen molar-refractivity contribution >= 4 is 55.9 Å². The molecule has 0 amide bonds. The molecule has 2 saturated heterocycles. The minimum atomic E-state index is -3.92. The van der Waals surface area contributed by atoms with Gasteiger partial charge in [-0.15, -0.1) is 0 Å². The second-order valence-corrected chi connectivity index (χ2v) is 14.1. The molecule has 0 aliphatic carbocycles. The van der Waals surface area contributed by atoms with Crippen molar-refractivity contribution in [3.8, 4) is 0 Å². The fourth-order valence-corrected chi connectivity index (χ4v) is 4.95. The van der Waals surface area contributed by atoms with Crippen LogP contribution in [0.25, 0.3) is 24.3 Å². The number of nitrogens with zero attached hydrogens (tertiary/aromatic N) is 2. The molecule has 12 heteroatoms. The number of pyridine rings is 2. The molecule has 0 unspecified atom stereocenters. The lowest BCUT2D eigenvalue weighted by Gasteiger charge is -2.17. The standard InChI is InChI=1S/2C17H18N2.2CH4O3S/c2*1-2-14-19(13-1)17-7-5-15(6-8-17)3-4-16-9-11-18-12-10-16;2*1-5(2,3)4/h2*3-12H,1-2,13-14H2;2*1H3,(H,2,3,4)/b2*4-3+;;. The van der Waals surface area contributed by atoms with Crippen molar-refractivity contribution in [3.63, 3.8) is 0 Å². The van der Waals surface area contributed by atoms with Crippen LogP contribution in [0, 0.1) is 0 Å². The summed E-state index contributed by atoms with van der Waals surface area (Å²) < 4.78 is 54.5. The summed E-state index contributed by atoms with van der Waals surface area (Å²) in [4.78, 5) is 11.0. The minimum Gasteiger partial charge on any atom is -0.748 e. The molecule has 6 rings (SSSR count). The number of rotatable bonds is 6. The van der Waals surface area contributed by atoms with E-state index >= 15 is 0 Å². The Kier molecular flexibility index (Phi) is 15.4. The number of H-pyrrole nitrogens is 2. The Labute approximate surface area is 285 Å². The Morgan fingerprint density at radius 2 is 0.708 bits per heavy atom. The van der Waals surface area contributed by atoms with Crippen LogP contribution in [-0.4, -0.2) is 64.6 Å². The molecular weight excluding hydrogens is 649 g/mol. The molecule has 256 valence electrons. The maximum atomic E-state index is 9.08. The fraction of sp³-hybridized carbons (Fsp3) is 0.278. The van der Waals surface area contributed by atoms with Crippen LogP contribution in [0.2, 0.25) is 0 Å². The van der Waals surface area contributed by atoms with E-state index in [1.807, 2.05) is 24.8 Å². The van der Waals surface area contributed by atoms with Gasteiger partial charge in [-0.1, -0.05) is 48.6 Å². The number of nitrogens with one attached hydrogen (secondary N) is 2. The van der Waals surface area contributed by atoms with Crippen LogP contribution in [0.5, 0.6) is 0 Å². The zero-order valence-electron chi connectivity index (χ0n) is 27.4. The van der Waals surface area contributed by atoms with Crippen molar-refractivity contribution in [1.82, 2.24) is 0 Å². The lowest BCUT2D eigenvalue weighted by molar-refractivity contribution is -0.378. The Morgan fingerprint density at radius 1 is 0.479 bits per heavy atom. The van der Waals surface area contributed by atoms with Crippen molar-refractivity contribution in [2.24, 2.45) is 0 Å². The van der Waals surface area contributed by atoms with Gasteiger partial charge in [0, 0.05) is 74.3 Å². The Bertz CT molecular complexity index is 1620. The molecular formula is C36H44N4O6S2. The van der Waals surface area contributed by atoms with Crippen LogP contribution in [0.3, 0.4) is 0 Å². The normalized spacial score (nSPS) is 14.5. The number of hydrogen-bond donors (Lipinski definition) is 0. The molecule has 0 atom stereocenters. The van der Waals surface area contributed by atoms with E-state index in [1.165, 1.54) is 85.5 Å². The highest BCUT2D eigenvalue weighted by molar-refractivity contribution is 7.85. The fourth-order valence-electron chi connectivity index (χ4n) is 4.95. The second kappa shape index (κ2) is 19.5. The molecule has 0 spiro atoms. The summed E-state index contributed by atoms with van der Waals surface area (Å²) in [6.07, 6.45) is 22.9. The van der Waals surface area contributed by atoms with Crippen LogP contribution in [-0.2, 0) is 20.2 Å². The van der Waals surface area contributed by atoms with E-state index in [0.29, 0.717) is 12.5 Å². The highest BCUT2D eigenvalue weighted by Gasteiger charge is 2.12. The third-order valence-corrected chi connectivity index (χ3v) is 7.15. The topological polar surface area (TPSA) is 149 Å². The summed E-state index contributed by atoms with van der Waals surface area (Å²) in [7, 11) is -7.83. The van der Waals surface area contributed by atoms with Crippen LogP contribution < -0.4 is 19.8 Å². The predicted molar refractivity (Wildman–Crippen MR) is 191 cm³/mol. The first kappa shape index (κ1) is 38.1. The van der Waals surface area contributed by atoms with Gasteiger partial charge in [0.15, 0.2) is 24.8 Å². The van der Waals surface area contributed by atoms with Gasteiger partial charge in [-0.05, 0) is 72.2 Å². The van der Waals surface area contributed by atoms with Gasteiger partial charge in [0.25, 0.3) is 0 Å². The van der Waals surface area contributed by atoms with Crippen molar-refractivity contribution in [3.05, 3.63) is 120 Å². The van der Waals surface area contributed by atoms with Crippen molar-refractivity contribution in [2.75, 3.05) is 48.5 Å². The lowest BCUT2D eigenvalue weighted by Crippen LogP contribution is -2.17. The molecule has 0 bridgehead atoms. The average molecular weight is 693 g/mol. The van der Waals surface area contributed by atoms with Crippen LogP contribution >= 0.6 is 0 Å². The molecule has 2 aliphatic heterocycles. The molecule has 10 nitrogen and oxygen atoms in total. The molecule has 2 aromatic heterocycles. The van der Waals surface area contributed by atoms with Gasteiger partial charge in [0.2, 0.25) is 0 Å². The smallest absolute Gasteiger partial charge is 0.167 e. The van der Waals surface area contributed by atoms with Gasteiger partial charge in [-0.25, -0.2) is 26.8 Å². The molecule has 0 saturated carbocycles. The van der Waals surface area contributed by atoms with E-state index in [9.17, 15) is 0 Å². The third kappa shape index (κ3) is 17.0. The maximum Gasteiger partial charge on any atom is 0.167 e. The first-order valence-electron chi connectivity index (χ1n) is 15.6. The Balaban J connectivity index is 0.000000204. The van der Waals surface area contributed by atoms with Crippen LogP contribution in [0.4, 0.5) is 11.4 Å². The van der Waals surface area contributed by atoms with Gasteiger partial charge in [0.05, 0.1) is 20.2 Å². The van der Waals surface area contributed by atoms with E-state index in [-0.39, 0.29) is 0 Å². The first-order valence-corrected chi connectivity index (χ1v) is 19.3. The van der Waals surface area contributed by atoms with Crippen molar-refractivity contribution in [1.29, 1.82) is 0 Å². The van der Waals surface area contributed by atoms with Gasteiger partial charge in [0.1, 0.15) is 0 Å².